The second kappa shape index (κ2) is 5.86. The van der Waals surface area contributed by atoms with Crippen molar-refractivity contribution in [2.24, 2.45) is 0 Å². The van der Waals surface area contributed by atoms with Crippen LogP contribution in [0.15, 0.2) is 42.6 Å². The largest absolute Gasteiger partial charge is 0.508 e. The first kappa shape index (κ1) is 12.9. The summed E-state index contributed by atoms with van der Waals surface area (Å²) in [6.07, 6.45) is 1.64. The van der Waals surface area contributed by atoms with Crippen LogP contribution in [0.2, 0.25) is 0 Å². The summed E-state index contributed by atoms with van der Waals surface area (Å²) < 4.78 is 4.95. The number of phenols is 1. The lowest BCUT2D eigenvalue weighted by Gasteiger charge is -2.06. The summed E-state index contributed by atoms with van der Waals surface area (Å²) in [5.74, 6) is 0.355. The molecule has 1 amide bonds. The molecule has 0 unspecified atom stereocenters. The van der Waals surface area contributed by atoms with Crippen molar-refractivity contribution >= 4 is 5.91 Å². The van der Waals surface area contributed by atoms with Crippen LogP contribution >= 0.6 is 0 Å². The molecule has 0 aliphatic heterocycles. The van der Waals surface area contributed by atoms with Gasteiger partial charge in [0.1, 0.15) is 5.75 Å². The van der Waals surface area contributed by atoms with E-state index in [0.29, 0.717) is 18.0 Å². The van der Waals surface area contributed by atoms with Gasteiger partial charge in [0.15, 0.2) is 0 Å². The Kier molecular flexibility index (Phi) is 3.97. The topological polar surface area (TPSA) is 71.5 Å². The van der Waals surface area contributed by atoms with E-state index >= 15 is 0 Å². The van der Waals surface area contributed by atoms with E-state index in [-0.39, 0.29) is 11.7 Å². The van der Waals surface area contributed by atoms with Crippen molar-refractivity contribution in [2.45, 2.75) is 6.54 Å². The molecule has 0 saturated carbocycles. The maximum absolute atomic E-state index is 11.8. The fourth-order valence-electron chi connectivity index (χ4n) is 1.57. The number of nitrogens with one attached hydrogen (secondary N) is 1. The van der Waals surface area contributed by atoms with Crippen LogP contribution in [0.4, 0.5) is 0 Å². The van der Waals surface area contributed by atoms with Gasteiger partial charge in [-0.2, -0.15) is 0 Å². The molecule has 0 aliphatic carbocycles. The SMILES string of the molecule is COc1ccc(CNC(=O)c2cccc(O)c2)cn1. The number of nitrogens with zero attached hydrogens (tertiary/aromatic N) is 1. The second-order valence-corrected chi connectivity index (χ2v) is 3.94. The number of hydrogen-bond donors (Lipinski definition) is 2. The molecular weight excluding hydrogens is 244 g/mol. The maximum Gasteiger partial charge on any atom is 0.251 e. The Balaban J connectivity index is 1.96. The highest BCUT2D eigenvalue weighted by Gasteiger charge is 2.05. The molecule has 0 radical (unpaired) electrons. The highest BCUT2D eigenvalue weighted by molar-refractivity contribution is 5.94. The van der Waals surface area contributed by atoms with Gasteiger partial charge in [-0.3, -0.25) is 4.79 Å². The van der Waals surface area contributed by atoms with E-state index in [0.717, 1.165) is 5.56 Å². The molecule has 0 bridgehead atoms. The van der Waals surface area contributed by atoms with E-state index < -0.39 is 0 Å². The van der Waals surface area contributed by atoms with Gasteiger partial charge in [0.2, 0.25) is 5.88 Å². The molecule has 0 aliphatic rings. The van der Waals surface area contributed by atoms with Crippen molar-refractivity contribution in [3.8, 4) is 11.6 Å². The van der Waals surface area contributed by atoms with E-state index in [1.54, 1.807) is 31.5 Å². The van der Waals surface area contributed by atoms with Gasteiger partial charge in [-0.15, -0.1) is 0 Å². The summed E-state index contributed by atoms with van der Waals surface area (Å²) in [6.45, 7) is 0.367. The predicted molar refractivity (Wildman–Crippen MR) is 70.1 cm³/mol. The molecule has 1 heterocycles. The zero-order chi connectivity index (χ0) is 13.7. The summed E-state index contributed by atoms with van der Waals surface area (Å²) in [4.78, 5) is 15.9. The van der Waals surface area contributed by atoms with Gasteiger partial charge in [0, 0.05) is 24.4 Å². The summed E-state index contributed by atoms with van der Waals surface area (Å²) in [5.41, 5.74) is 1.29. The summed E-state index contributed by atoms with van der Waals surface area (Å²) in [7, 11) is 1.55. The van der Waals surface area contributed by atoms with Crippen molar-refractivity contribution in [3.05, 3.63) is 53.7 Å². The van der Waals surface area contributed by atoms with Gasteiger partial charge in [-0.1, -0.05) is 12.1 Å². The van der Waals surface area contributed by atoms with Crippen molar-refractivity contribution in [1.82, 2.24) is 10.3 Å². The number of amides is 1. The highest BCUT2D eigenvalue weighted by Crippen LogP contribution is 2.11. The van der Waals surface area contributed by atoms with Crippen molar-refractivity contribution in [1.29, 1.82) is 0 Å². The minimum atomic E-state index is -0.244. The van der Waals surface area contributed by atoms with Crippen LogP contribution in [0.1, 0.15) is 15.9 Å². The third kappa shape index (κ3) is 3.45. The summed E-state index contributed by atoms with van der Waals surface area (Å²) in [6, 6.07) is 9.76. The van der Waals surface area contributed by atoms with Gasteiger partial charge >= 0.3 is 0 Å². The average molecular weight is 258 g/mol. The molecule has 19 heavy (non-hydrogen) atoms. The number of methoxy groups -OCH3 is 1. The molecule has 0 atom stereocenters. The molecule has 5 heteroatoms. The first-order chi connectivity index (χ1) is 9.19. The number of rotatable bonds is 4. The third-order valence-electron chi connectivity index (χ3n) is 2.57. The minimum Gasteiger partial charge on any atom is -0.508 e. The number of pyridine rings is 1. The first-order valence-corrected chi connectivity index (χ1v) is 5.75. The number of ether oxygens (including phenoxy) is 1. The van der Waals surface area contributed by atoms with Crippen LogP contribution in [0.3, 0.4) is 0 Å². The highest BCUT2D eigenvalue weighted by atomic mass is 16.5. The number of carbonyl (C=O) groups is 1. The number of benzene rings is 1. The van der Waals surface area contributed by atoms with Crippen LogP contribution in [-0.2, 0) is 6.54 Å². The molecule has 1 aromatic carbocycles. The Labute approximate surface area is 110 Å². The lowest BCUT2D eigenvalue weighted by atomic mass is 10.2. The number of carbonyl (C=O) groups excluding carboxylic acids is 1. The van der Waals surface area contributed by atoms with Crippen molar-refractivity contribution in [3.63, 3.8) is 0 Å². The number of hydrogen-bond acceptors (Lipinski definition) is 4. The molecule has 0 saturated heterocycles. The summed E-state index contributed by atoms with van der Waals surface area (Å²) >= 11 is 0. The van der Waals surface area contributed by atoms with Crippen LogP contribution < -0.4 is 10.1 Å². The smallest absolute Gasteiger partial charge is 0.251 e. The van der Waals surface area contributed by atoms with Crippen LogP contribution in [0.25, 0.3) is 0 Å². The van der Waals surface area contributed by atoms with Crippen LogP contribution in [0.5, 0.6) is 11.6 Å². The Morgan fingerprint density at radius 1 is 1.37 bits per heavy atom. The molecule has 0 fully saturated rings. The van der Waals surface area contributed by atoms with Gasteiger partial charge < -0.3 is 15.2 Å². The fourth-order valence-corrected chi connectivity index (χ4v) is 1.57. The Bertz CT molecular complexity index is 567. The molecule has 1 aromatic heterocycles. The molecule has 2 N–H and O–H groups in total. The Morgan fingerprint density at radius 3 is 2.84 bits per heavy atom. The molecule has 2 rings (SSSR count). The standard InChI is InChI=1S/C14H14N2O3/c1-19-13-6-5-10(8-15-13)9-16-14(18)11-3-2-4-12(17)7-11/h2-8,17H,9H2,1H3,(H,16,18). The lowest BCUT2D eigenvalue weighted by Crippen LogP contribution is -2.22. The van der Waals surface area contributed by atoms with E-state index in [1.165, 1.54) is 12.1 Å². The third-order valence-corrected chi connectivity index (χ3v) is 2.57. The molecular formula is C14H14N2O3. The van der Waals surface area contributed by atoms with Gasteiger partial charge in [-0.25, -0.2) is 4.98 Å². The fraction of sp³-hybridized carbons (Fsp3) is 0.143. The van der Waals surface area contributed by atoms with E-state index in [9.17, 15) is 9.90 Å². The predicted octanol–water partition coefficient (Wildman–Crippen LogP) is 1.73. The Morgan fingerprint density at radius 2 is 2.21 bits per heavy atom. The van der Waals surface area contributed by atoms with Crippen molar-refractivity contribution in [2.75, 3.05) is 7.11 Å². The average Bonchev–Trinajstić information content (AvgIpc) is 2.45. The zero-order valence-corrected chi connectivity index (χ0v) is 10.5. The number of aromatic hydroxyl groups is 1. The molecule has 0 spiro atoms. The number of phenolic OH excluding ortho intramolecular Hbond substituents is 1. The quantitative estimate of drug-likeness (QED) is 0.876. The van der Waals surface area contributed by atoms with E-state index in [2.05, 4.69) is 10.3 Å². The number of aromatic nitrogens is 1. The minimum absolute atomic E-state index is 0.0683. The van der Waals surface area contributed by atoms with E-state index in [1.807, 2.05) is 6.07 Å². The molecule has 98 valence electrons. The van der Waals surface area contributed by atoms with Gasteiger partial charge in [0.05, 0.1) is 7.11 Å². The van der Waals surface area contributed by atoms with Crippen molar-refractivity contribution < 1.29 is 14.6 Å². The molecule has 2 aromatic rings. The second-order valence-electron chi connectivity index (χ2n) is 3.94. The summed E-state index contributed by atoms with van der Waals surface area (Å²) in [5, 5.41) is 12.1. The van der Waals surface area contributed by atoms with Gasteiger partial charge in [0.25, 0.3) is 5.91 Å². The monoisotopic (exact) mass is 258 g/mol. The van der Waals surface area contributed by atoms with Gasteiger partial charge in [-0.05, 0) is 23.8 Å². The first-order valence-electron chi connectivity index (χ1n) is 5.75. The maximum atomic E-state index is 11.8. The Hall–Kier alpha value is -2.56. The lowest BCUT2D eigenvalue weighted by molar-refractivity contribution is 0.0950. The normalized spacial score (nSPS) is 9.95. The molecule has 5 nitrogen and oxygen atoms in total. The van der Waals surface area contributed by atoms with Crippen LogP contribution in [-0.4, -0.2) is 23.1 Å². The zero-order valence-electron chi connectivity index (χ0n) is 10.5. The van der Waals surface area contributed by atoms with Crippen LogP contribution in [0, 0.1) is 0 Å². The van der Waals surface area contributed by atoms with E-state index in [4.69, 9.17) is 4.74 Å².